The first-order valence-electron chi connectivity index (χ1n) is 13.4. The van der Waals surface area contributed by atoms with Crippen LogP contribution in [0.2, 0.25) is 0 Å². The highest BCUT2D eigenvalue weighted by Crippen LogP contribution is 2.46. The SMILES string of the molecule is C=C(C)CCc1c(CCC)ccc2c1NC(C1CCC(C)CC1)N2[C@@H](C)Cc1ccccc1. The lowest BCUT2D eigenvalue weighted by atomic mass is 9.81. The van der Waals surface area contributed by atoms with E-state index in [4.69, 9.17) is 0 Å². The zero-order valence-electron chi connectivity index (χ0n) is 21.4. The molecule has 0 spiro atoms. The second-order valence-corrected chi connectivity index (χ2v) is 10.9. The van der Waals surface area contributed by atoms with Gasteiger partial charge in [-0.05, 0) is 87.0 Å². The summed E-state index contributed by atoms with van der Waals surface area (Å²) in [6.45, 7) is 13.5. The molecular weight excluding hydrogens is 400 g/mol. The fourth-order valence-corrected chi connectivity index (χ4v) is 6.06. The number of aryl methyl sites for hydroxylation is 1. The number of nitrogens with zero attached hydrogens (tertiary/aromatic N) is 1. The molecule has 178 valence electrons. The number of hydrogen-bond donors (Lipinski definition) is 1. The van der Waals surface area contributed by atoms with E-state index < -0.39 is 0 Å². The summed E-state index contributed by atoms with van der Waals surface area (Å²) in [5, 5.41) is 4.12. The Balaban J connectivity index is 1.70. The maximum atomic E-state index is 4.19. The third-order valence-electron chi connectivity index (χ3n) is 7.93. The third-order valence-corrected chi connectivity index (χ3v) is 7.93. The van der Waals surface area contributed by atoms with Crippen LogP contribution >= 0.6 is 0 Å². The van der Waals surface area contributed by atoms with Crippen molar-refractivity contribution < 1.29 is 0 Å². The summed E-state index contributed by atoms with van der Waals surface area (Å²) in [5.74, 6) is 1.60. The van der Waals surface area contributed by atoms with Crippen LogP contribution in [0.5, 0.6) is 0 Å². The van der Waals surface area contributed by atoms with Gasteiger partial charge >= 0.3 is 0 Å². The van der Waals surface area contributed by atoms with E-state index in [1.54, 1.807) is 5.56 Å². The highest BCUT2D eigenvalue weighted by Gasteiger charge is 2.39. The Hall–Kier alpha value is -2.22. The molecule has 0 saturated heterocycles. The normalized spacial score (nSPS) is 23.2. The van der Waals surface area contributed by atoms with Crippen LogP contribution in [-0.2, 0) is 19.3 Å². The van der Waals surface area contributed by atoms with Crippen molar-refractivity contribution in [3.05, 3.63) is 71.3 Å². The van der Waals surface area contributed by atoms with E-state index in [2.05, 4.69) is 87.0 Å². The summed E-state index contributed by atoms with van der Waals surface area (Å²) in [7, 11) is 0. The molecule has 1 aliphatic carbocycles. The van der Waals surface area contributed by atoms with Crippen LogP contribution in [0.1, 0.15) is 82.9 Å². The lowest BCUT2D eigenvalue weighted by Crippen LogP contribution is -2.48. The van der Waals surface area contributed by atoms with Crippen LogP contribution in [0.25, 0.3) is 0 Å². The minimum absolute atomic E-state index is 0.409. The van der Waals surface area contributed by atoms with Crippen LogP contribution in [0.4, 0.5) is 11.4 Å². The molecule has 1 aliphatic heterocycles. The lowest BCUT2D eigenvalue weighted by Gasteiger charge is -2.40. The van der Waals surface area contributed by atoms with E-state index in [1.165, 1.54) is 60.2 Å². The van der Waals surface area contributed by atoms with Crippen molar-refractivity contribution in [1.82, 2.24) is 0 Å². The van der Waals surface area contributed by atoms with Gasteiger partial charge in [0.05, 0.1) is 11.4 Å². The zero-order chi connectivity index (χ0) is 23.4. The molecule has 0 bridgehead atoms. The highest BCUT2D eigenvalue weighted by atomic mass is 15.3. The average Bonchev–Trinajstić information content (AvgIpc) is 3.19. The average molecular weight is 445 g/mol. The van der Waals surface area contributed by atoms with E-state index in [9.17, 15) is 0 Å². The Morgan fingerprint density at radius 2 is 1.79 bits per heavy atom. The van der Waals surface area contributed by atoms with Gasteiger partial charge in [-0.1, -0.05) is 75.1 Å². The van der Waals surface area contributed by atoms with Gasteiger partial charge in [-0.3, -0.25) is 0 Å². The number of benzene rings is 2. The van der Waals surface area contributed by atoms with Gasteiger partial charge in [0, 0.05) is 6.04 Å². The highest BCUT2D eigenvalue weighted by molar-refractivity contribution is 5.81. The van der Waals surface area contributed by atoms with Crippen molar-refractivity contribution in [2.45, 2.75) is 97.7 Å². The number of allylic oxidation sites excluding steroid dienone is 1. The second kappa shape index (κ2) is 10.8. The predicted octanol–water partition coefficient (Wildman–Crippen LogP) is 8.16. The lowest BCUT2D eigenvalue weighted by molar-refractivity contribution is 0.257. The molecule has 2 aromatic rings. The molecule has 2 aromatic carbocycles. The Morgan fingerprint density at radius 1 is 1.06 bits per heavy atom. The fourth-order valence-electron chi connectivity index (χ4n) is 6.06. The van der Waals surface area contributed by atoms with E-state index in [-0.39, 0.29) is 0 Å². The standard InChI is InChI=1S/C31H44N2/c1-6-10-26-18-20-29-30(28(26)19-13-22(2)3)32-31(27-16-14-23(4)15-17-27)33(29)24(5)21-25-11-8-7-9-12-25/h7-9,11-12,18,20,23-24,27,31-32H,2,6,10,13-17,19,21H2,1,3-5H3/t23?,24-,27?,31?/m0/s1. The Labute approximate surface area is 202 Å². The zero-order valence-corrected chi connectivity index (χ0v) is 21.4. The number of nitrogens with one attached hydrogen (secondary N) is 1. The molecule has 2 heteroatoms. The van der Waals surface area contributed by atoms with Crippen molar-refractivity contribution in [3.8, 4) is 0 Å². The van der Waals surface area contributed by atoms with Crippen LogP contribution in [0, 0.1) is 11.8 Å². The summed E-state index contributed by atoms with van der Waals surface area (Å²) in [6, 6.07) is 16.3. The van der Waals surface area contributed by atoms with Gasteiger partial charge in [0.15, 0.2) is 0 Å². The fraction of sp³-hybridized carbons (Fsp3) is 0.548. The number of fused-ring (bicyclic) bond motifs is 1. The Morgan fingerprint density at radius 3 is 2.45 bits per heavy atom. The van der Waals surface area contributed by atoms with Crippen molar-refractivity contribution in [2.75, 3.05) is 10.2 Å². The van der Waals surface area contributed by atoms with E-state index in [0.29, 0.717) is 12.2 Å². The number of hydrogen-bond acceptors (Lipinski definition) is 2. The third kappa shape index (κ3) is 5.48. The predicted molar refractivity (Wildman–Crippen MR) is 144 cm³/mol. The molecule has 33 heavy (non-hydrogen) atoms. The first-order chi connectivity index (χ1) is 16.0. The van der Waals surface area contributed by atoms with Crippen molar-refractivity contribution in [2.24, 2.45) is 11.8 Å². The van der Waals surface area contributed by atoms with Gasteiger partial charge in [0.1, 0.15) is 6.17 Å². The summed E-state index contributed by atoms with van der Waals surface area (Å²) in [6.07, 6.45) is 11.4. The smallest absolute Gasteiger partial charge is 0.102 e. The summed E-state index contributed by atoms with van der Waals surface area (Å²) < 4.78 is 0. The van der Waals surface area contributed by atoms with Crippen molar-refractivity contribution in [1.29, 1.82) is 0 Å². The minimum atomic E-state index is 0.409. The molecule has 2 nitrogen and oxygen atoms in total. The molecule has 4 rings (SSSR count). The molecule has 1 heterocycles. The van der Waals surface area contributed by atoms with Crippen LogP contribution < -0.4 is 10.2 Å². The van der Waals surface area contributed by atoms with Gasteiger partial charge in [-0.15, -0.1) is 6.58 Å². The van der Waals surface area contributed by atoms with Crippen molar-refractivity contribution in [3.63, 3.8) is 0 Å². The quantitative estimate of drug-likeness (QED) is 0.392. The molecule has 1 saturated carbocycles. The first-order valence-corrected chi connectivity index (χ1v) is 13.4. The molecule has 0 amide bonds. The van der Waals surface area contributed by atoms with Crippen LogP contribution in [0.3, 0.4) is 0 Å². The monoisotopic (exact) mass is 444 g/mol. The van der Waals surface area contributed by atoms with Gasteiger partial charge in [0.2, 0.25) is 0 Å². The molecule has 0 radical (unpaired) electrons. The van der Waals surface area contributed by atoms with Gasteiger partial charge in [-0.25, -0.2) is 0 Å². The molecule has 0 aromatic heterocycles. The maximum absolute atomic E-state index is 4.19. The van der Waals surface area contributed by atoms with E-state index in [1.807, 2.05) is 0 Å². The minimum Gasteiger partial charge on any atom is -0.363 e. The Kier molecular flexibility index (Phi) is 7.83. The first kappa shape index (κ1) is 23.9. The number of anilines is 2. The molecule has 1 N–H and O–H groups in total. The molecule has 1 unspecified atom stereocenters. The second-order valence-electron chi connectivity index (χ2n) is 10.9. The Bertz CT molecular complexity index is 923. The molecule has 2 aliphatic rings. The van der Waals surface area contributed by atoms with Gasteiger partial charge < -0.3 is 10.2 Å². The molecular formula is C31H44N2. The molecule has 2 atom stereocenters. The maximum Gasteiger partial charge on any atom is 0.102 e. The summed E-state index contributed by atoms with van der Waals surface area (Å²) in [4.78, 5) is 2.75. The van der Waals surface area contributed by atoms with Crippen LogP contribution in [0.15, 0.2) is 54.6 Å². The van der Waals surface area contributed by atoms with Crippen LogP contribution in [-0.4, -0.2) is 12.2 Å². The number of rotatable bonds is 9. The van der Waals surface area contributed by atoms with Crippen molar-refractivity contribution >= 4 is 11.4 Å². The summed E-state index contributed by atoms with van der Waals surface area (Å²) >= 11 is 0. The van der Waals surface area contributed by atoms with Gasteiger partial charge in [0.25, 0.3) is 0 Å². The topological polar surface area (TPSA) is 15.3 Å². The van der Waals surface area contributed by atoms with E-state index in [0.717, 1.165) is 37.5 Å². The van der Waals surface area contributed by atoms with E-state index >= 15 is 0 Å². The largest absolute Gasteiger partial charge is 0.363 e. The molecule has 1 fully saturated rings. The van der Waals surface area contributed by atoms with Gasteiger partial charge in [-0.2, -0.15) is 0 Å². The summed E-state index contributed by atoms with van der Waals surface area (Å²) in [5.41, 5.74) is 8.63.